The van der Waals surface area contributed by atoms with Crippen LogP contribution in [0.15, 0.2) is 47.1 Å². The van der Waals surface area contributed by atoms with Crippen LogP contribution in [0.5, 0.6) is 0 Å². The summed E-state index contributed by atoms with van der Waals surface area (Å²) < 4.78 is 57.9. The van der Waals surface area contributed by atoms with Crippen LogP contribution in [0.1, 0.15) is 18.2 Å². The van der Waals surface area contributed by atoms with Crippen molar-refractivity contribution in [1.82, 2.24) is 15.1 Å². The van der Waals surface area contributed by atoms with E-state index >= 15 is 0 Å². The van der Waals surface area contributed by atoms with Gasteiger partial charge in [0.05, 0.1) is 12.8 Å². The summed E-state index contributed by atoms with van der Waals surface area (Å²) in [6.45, 7) is -1.78. The van der Waals surface area contributed by atoms with Gasteiger partial charge in [-0.2, -0.15) is 13.2 Å². The van der Waals surface area contributed by atoms with E-state index in [1.165, 1.54) is 43.5 Å². The third-order valence-corrected chi connectivity index (χ3v) is 4.63. The zero-order valence-electron chi connectivity index (χ0n) is 15.7. The highest BCUT2D eigenvalue weighted by atomic mass is 19.4. The average Bonchev–Trinajstić information content (AvgIpc) is 3.23. The molecule has 0 bridgehead atoms. The molecule has 30 heavy (non-hydrogen) atoms. The lowest BCUT2D eigenvalue weighted by atomic mass is 9.91. The summed E-state index contributed by atoms with van der Waals surface area (Å²) >= 11 is 0. The molecule has 11 heteroatoms. The van der Waals surface area contributed by atoms with E-state index in [0.29, 0.717) is 9.80 Å². The number of nitrogens with one attached hydrogen (secondary N) is 1. The first-order valence-electron chi connectivity index (χ1n) is 8.77. The molecular formula is C19H17F4N3O4. The Morgan fingerprint density at radius 2 is 1.90 bits per heavy atom. The quantitative estimate of drug-likeness (QED) is 0.568. The maximum Gasteiger partial charge on any atom is 0.406 e. The van der Waals surface area contributed by atoms with E-state index < -0.39 is 55.0 Å². The maximum absolute atomic E-state index is 14.2. The second-order valence-electron chi connectivity index (χ2n) is 6.87. The van der Waals surface area contributed by atoms with Crippen molar-refractivity contribution in [1.29, 1.82) is 0 Å². The summed E-state index contributed by atoms with van der Waals surface area (Å²) in [5.74, 6) is -2.72. The van der Waals surface area contributed by atoms with Crippen LogP contribution in [0.25, 0.3) is 0 Å². The molecule has 2 aromatic rings. The molecule has 160 valence electrons. The summed E-state index contributed by atoms with van der Waals surface area (Å²) in [5.41, 5.74) is -1.92. The number of nitrogens with zero attached hydrogens (tertiary/aromatic N) is 2. The third kappa shape index (κ3) is 4.29. The van der Waals surface area contributed by atoms with E-state index in [0.717, 1.165) is 6.07 Å². The van der Waals surface area contributed by atoms with Crippen molar-refractivity contribution in [2.75, 3.05) is 13.1 Å². The number of urea groups is 1. The van der Waals surface area contributed by atoms with Crippen LogP contribution in [-0.2, 0) is 21.7 Å². The fourth-order valence-electron chi connectivity index (χ4n) is 3.16. The summed E-state index contributed by atoms with van der Waals surface area (Å²) in [6, 6.07) is 7.08. The largest absolute Gasteiger partial charge is 0.467 e. The van der Waals surface area contributed by atoms with Crippen molar-refractivity contribution in [3.05, 3.63) is 59.8 Å². The SMILES string of the molecule is CC1(c2ccccc2F)NC(=O)N(CC(=O)N(Cc2ccco2)CC(F)(F)F)C1=O. The minimum absolute atomic E-state index is 0.0981. The molecule has 1 N–H and O–H groups in total. The first-order valence-corrected chi connectivity index (χ1v) is 8.77. The van der Waals surface area contributed by atoms with Gasteiger partial charge in [0.25, 0.3) is 5.91 Å². The van der Waals surface area contributed by atoms with E-state index in [4.69, 9.17) is 4.42 Å². The zero-order valence-corrected chi connectivity index (χ0v) is 15.7. The van der Waals surface area contributed by atoms with Gasteiger partial charge in [0.2, 0.25) is 5.91 Å². The first kappa shape index (κ1) is 21.3. The highest BCUT2D eigenvalue weighted by molar-refractivity contribution is 6.09. The number of carbonyl (C=O) groups excluding carboxylic acids is 3. The first-order chi connectivity index (χ1) is 14.0. The molecule has 4 amide bonds. The predicted molar refractivity (Wildman–Crippen MR) is 94.2 cm³/mol. The average molecular weight is 427 g/mol. The Kier molecular flexibility index (Phi) is 5.55. The Morgan fingerprint density at radius 1 is 1.20 bits per heavy atom. The van der Waals surface area contributed by atoms with Crippen molar-refractivity contribution in [3.63, 3.8) is 0 Å². The van der Waals surface area contributed by atoms with Gasteiger partial charge in [-0.3, -0.25) is 14.5 Å². The molecular weight excluding hydrogens is 410 g/mol. The summed E-state index contributed by atoms with van der Waals surface area (Å²) in [4.78, 5) is 38.6. The molecule has 0 radical (unpaired) electrons. The molecule has 1 unspecified atom stereocenters. The van der Waals surface area contributed by atoms with Crippen LogP contribution in [0.4, 0.5) is 22.4 Å². The molecule has 1 aromatic heterocycles. The number of carbonyl (C=O) groups is 3. The molecule has 3 rings (SSSR count). The molecule has 1 aromatic carbocycles. The number of amides is 4. The lowest BCUT2D eigenvalue weighted by molar-refractivity contribution is -0.163. The number of benzene rings is 1. The van der Waals surface area contributed by atoms with E-state index in [-0.39, 0.29) is 11.3 Å². The van der Waals surface area contributed by atoms with Crippen LogP contribution < -0.4 is 5.32 Å². The number of hydrogen-bond acceptors (Lipinski definition) is 4. The van der Waals surface area contributed by atoms with Crippen LogP contribution >= 0.6 is 0 Å². The van der Waals surface area contributed by atoms with Gasteiger partial charge in [-0.15, -0.1) is 0 Å². The van der Waals surface area contributed by atoms with Crippen molar-refractivity contribution in [2.24, 2.45) is 0 Å². The van der Waals surface area contributed by atoms with Crippen molar-refractivity contribution in [2.45, 2.75) is 25.2 Å². The van der Waals surface area contributed by atoms with Gasteiger partial charge in [0.1, 0.15) is 30.2 Å². The summed E-state index contributed by atoms with van der Waals surface area (Å²) in [6.07, 6.45) is -3.47. The minimum atomic E-state index is -4.71. The number of imide groups is 1. The normalized spacial score (nSPS) is 19.2. The Balaban J connectivity index is 1.81. The molecule has 2 heterocycles. The number of furan rings is 1. The second-order valence-corrected chi connectivity index (χ2v) is 6.87. The van der Waals surface area contributed by atoms with E-state index in [1.807, 2.05) is 0 Å². The molecule has 1 aliphatic heterocycles. The van der Waals surface area contributed by atoms with Gasteiger partial charge in [-0.1, -0.05) is 18.2 Å². The molecule has 7 nitrogen and oxygen atoms in total. The number of rotatable bonds is 6. The Morgan fingerprint density at radius 3 is 2.50 bits per heavy atom. The number of halogens is 4. The van der Waals surface area contributed by atoms with Crippen LogP contribution in [0, 0.1) is 5.82 Å². The van der Waals surface area contributed by atoms with Crippen LogP contribution in [-0.4, -0.2) is 46.9 Å². The van der Waals surface area contributed by atoms with Crippen LogP contribution in [0.3, 0.4) is 0 Å². The molecule has 1 saturated heterocycles. The fourth-order valence-corrected chi connectivity index (χ4v) is 3.16. The Hall–Kier alpha value is -3.37. The van der Waals surface area contributed by atoms with E-state index in [1.54, 1.807) is 0 Å². The van der Waals surface area contributed by atoms with E-state index in [9.17, 15) is 31.9 Å². The third-order valence-electron chi connectivity index (χ3n) is 4.63. The van der Waals surface area contributed by atoms with Crippen molar-refractivity contribution in [3.8, 4) is 0 Å². The Bertz CT molecular complexity index is 961. The molecule has 0 aliphatic carbocycles. The van der Waals surface area contributed by atoms with Gasteiger partial charge in [-0.05, 0) is 25.1 Å². The molecule has 1 fully saturated rings. The topological polar surface area (TPSA) is 82.9 Å². The maximum atomic E-state index is 14.2. The smallest absolute Gasteiger partial charge is 0.406 e. The van der Waals surface area contributed by atoms with Gasteiger partial charge < -0.3 is 14.6 Å². The highest BCUT2D eigenvalue weighted by Crippen LogP contribution is 2.30. The van der Waals surface area contributed by atoms with Gasteiger partial charge >= 0.3 is 12.2 Å². The highest BCUT2D eigenvalue weighted by Gasteiger charge is 2.51. The second kappa shape index (κ2) is 7.81. The standard InChI is InChI=1S/C19H17F4N3O4/c1-18(13-6-2-3-7-14(13)20)16(28)26(17(29)24-18)10-15(27)25(11-19(21,22)23)9-12-5-4-8-30-12/h2-8H,9-11H2,1H3,(H,24,29). The van der Waals surface area contributed by atoms with E-state index in [2.05, 4.69) is 5.32 Å². The molecule has 0 spiro atoms. The molecule has 1 aliphatic rings. The summed E-state index contributed by atoms with van der Waals surface area (Å²) in [7, 11) is 0. The van der Waals surface area contributed by atoms with Gasteiger partial charge in [0, 0.05) is 5.56 Å². The Labute approximate surface area is 168 Å². The number of alkyl halides is 3. The fraction of sp³-hybridized carbons (Fsp3) is 0.316. The van der Waals surface area contributed by atoms with Crippen molar-refractivity contribution < 1.29 is 36.4 Å². The lowest BCUT2D eigenvalue weighted by Crippen LogP contribution is -2.46. The minimum Gasteiger partial charge on any atom is -0.467 e. The molecule has 1 atom stereocenters. The number of hydrogen-bond donors (Lipinski definition) is 1. The monoisotopic (exact) mass is 427 g/mol. The summed E-state index contributed by atoms with van der Waals surface area (Å²) in [5, 5.41) is 2.31. The van der Waals surface area contributed by atoms with Gasteiger partial charge in [0.15, 0.2) is 0 Å². The zero-order chi connectivity index (χ0) is 22.1. The predicted octanol–water partition coefficient (Wildman–Crippen LogP) is 2.78. The van der Waals surface area contributed by atoms with Crippen molar-refractivity contribution >= 4 is 17.8 Å². The molecule has 0 saturated carbocycles. The van der Waals surface area contributed by atoms with Gasteiger partial charge in [-0.25, -0.2) is 9.18 Å². The van der Waals surface area contributed by atoms with Crippen LogP contribution in [0.2, 0.25) is 0 Å². The lowest BCUT2D eigenvalue weighted by Gasteiger charge is -2.25.